The molecule has 0 saturated heterocycles. The first kappa shape index (κ1) is 45.3. The van der Waals surface area contributed by atoms with E-state index in [4.69, 9.17) is 18.9 Å². The molecular formula is C36H57N5O11. The van der Waals surface area contributed by atoms with Crippen LogP contribution in [0.1, 0.15) is 101 Å². The fourth-order valence-electron chi connectivity index (χ4n) is 4.31. The molecule has 0 aliphatic carbocycles. The van der Waals surface area contributed by atoms with Crippen LogP contribution in [0.25, 0.3) is 0 Å². The standard InChI is InChI=1S/C36H57N5O11/c1-22(2)29(32(47)41-37-20-28(44)52-36(9,10)11)40-30(45)24(17-18-26(42)50-34(3,4)5)38-31(46)25(19-27(43)51-35(6,7)8)39-33(48)49-21-23-15-13-12-14-16-23/h12-16,22,24-25,29,37H,17-21H2,1-11H3,(H,38,46)(H,39,48)(H,40,45)(H,41,47)/t24-,25-,29?/m0/s1. The minimum atomic E-state index is -1.56. The lowest BCUT2D eigenvalue weighted by Crippen LogP contribution is -2.59. The average molecular weight is 736 g/mol. The molecule has 0 fully saturated rings. The van der Waals surface area contributed by atoms with Crippen LogP contribution in [-0.4, -0.2) is 83.2 Å². The van der Waals surface area contributed by atoms with Gasteiger partial charge >= 0.3 is 24.0 Å². The van der Waals surface area contributed by atoms with Gasteiger partial charge in [-0.1, -0.05) is 44.2 Å². The summed E-state index contributed by atoms with van der Waals surface area (Å²) >= 11 is 0. The van der Waals surface area contributed by atoms with E-state index in [0.29, 0.717) is 5.56 Å². The highest BCUT2D eigenvalue weighted by Crippen LogP contribution is 2.13. The van der Waals surface area contributed by atoms with Crippen LogP contribution in [-0.2, 0) is 54.3 Å². The third-order valence-electron chi connectivity index (χ3n) is 6.41. The molecule has 1 aromatic rings. The topological polar surface area (TPSA) is 217 Å². The van der Waals surface area contributed by atoms with Gasteiger partial charge in [0.2, 0.25) is 11.8 Å². The van der Waals surface area contributed by atoms with Crippen molar-refractivity contribution in [3.8, 4) is 0 Å². The number of benzene rings is 1. The maximum atomic E-state index is 13.7. The Morgan fingerprint density at radius 3 is 1.69 bits per heavy atom. The van der Waals surface area contributed by atoms with Crippen molar-refractivity contribution in [3.63, 3.8) is 0 Å². The van der Waals surface area contributed by atoms with Gasteiger partial charge in [-0.05, 0) is 80.2 Å². The molecule has 292 valence electrons. The Kier molecular flexibility index (Phi) is 17.7. The lowest BCUT2D eigenvalue weighted by atomic mass is 10.0. The fourth-order valence-corrected chi connectivity index (χ4v) is 4.31. The predicted octanol–water partition coefficient (Wildman–Crippen LogP) is 2.72. The Hall–Kier alpha value is -4.73. The van der Waals surface area contributed by atoms with Gasteiger partial charge in [-0.3, -0.25) is 34.2 Å². The molecule has 5 N–H and O–H groups in total. The van der Waals surface area contributed by atoms with Crippen molar-refractivity contribution in [1.82, 2.24) is 26.8 Å². The number of nitrogens with one attached hydrogen (secondary N) is 5. The SMILES string of the molecule is CC(C)C(NC(=O)[C@H](CCC(=O)OC(C)(C)C)NC(=O)[C@H](CC(=O)OC(C)(C)C)NC(=O)OCc1ccccc1)C(=O)NNCC(=O)OC(C)(C)C. The third-order valence-corrected chi connectivity index (χ3v) is 6.41. The molecule has 0 aliphatic rings. The van der Waals surface area contributed by atoms with E-state index >= 15 is 0 Å². The molecule has 16 heteroatoms. The van der Waals surface area contributed by atoms with Crippen LogP contribution in [0, 0.1) is 5.92 Å². The summed E-state index contributed by atoms with van der Waals surface area (Å²) in [6, 6.07) is 4.60. The monoisotopic (exact) mass is 735 g/mol. The molecule has 0 aromatic heterocycles. The number of hydrogen-bond acceptors (Lipinski definition) is 12. The normalized spacial score (nSPS) is 13.5. The van der Waals surface area contributed by atoms with Crippen LogP contribution in [0.2, 0.25) is 0 Å². The van der Waals surface area contributed by atoms with E-state index in [-0.39, 0.29) is 26.0 Å². The summed E-state index contributed by atoms with van der Waals surface area (Å²) in [4.78, 5) is 90.6. The van der Waals surface area contributed by atoms with Gasteiger partial charge in [-0.2, -0.15) is 0 Å². The smallest absolute Gasteiger partial charge is 0.408 e. The number of esters is 3. The second-order valence-corrected chi connectivity index (χ2v) is 15.4. The number of carbonyl (C=O) groups excluding carboxylic acids is 7. The van der Waals surface area contributed by atoms with Crippen LogP contribution in [0.15, 0.2) is 30.3 Å². The van der Waals surface area contributed by atoms with Gasteiger partial charge in [0, 0.05) is 6.42 Å². The Bertz CT molecular complexity index is 1380. The van der Waals surface area contributed by atoms with Crippen LogP contribution < -0.4 is 26.8 Å². The molecule has 3 atom stereocenters. The molecule has 0 spiro atoms. The number of amides is 4. The molecule has 16 nitrogen and oxygen atoms in total. The van der Waals surface area contributed by atoms with Crippen molar-refractivity contribution in [2.24, 2.45) is 5.92 Å². The minimum absolute atomic E-state index is 0.125. The Morgan fingerprint density at radius 1 is 0.635 bits per heavy atom. The summed E-state index contributed by atoms with van der Waals surface area (Å²) in [5.41, 5.74) is 3.05. The Labute approximate surface area is 306 Å². The zero-order chi connectivity index (χ0) is 39.9. The van der Waals surface area contributed by atoms with Gasteiger partial charge in [-0.15, -0.1) is 0 Å². The molecule has 0 heterocycles. The largest absolute Gasteiger partial charge is 0.460 e. The highest BCUT2D eigenvalue weighted by Gasteiger charge is 2.34. The summed E-state index contributed by atoms with van der Waals surface area (Å²) in [6.07, 6.45) is -2.22. The van der Waals surface area contributed by atoms with E-state index in [9.17, 15) is 33.6 Å². The molecule has 1 aromatic carbocycles. The maximum Gasteiger partial charge on any atom is 0.408 e. The van der Waals surface area contributed by atoms with E-state index in [1.165, 1.54) is 0 Å². The first-order chi connectivity index (χ1) is 23.8. The maximum absolute atomic E-state index is 13.7. The van der Waals surface area contributed by atoms with Crippen molar-refractivity contribution in [3.05, 3.63) is 35.9 Å². The van der Waals surface area contributed by atoms with E-state index in [0.717, 1.165) is 0 Å². The summed E-state index contributed by atoms with van der Waals surface area (Å²) in [5.74, 6) is -5.08. The van der Waals surface area contributed by atoms with E-state index < -0.39 is 89.0 Å². The van der Waals surface area contributed by atoms with E-state index in [2.05, 4.69) is 26.8 Å². The molecule has 1 rings (SSSR count). The predicted molar refractivity (Wildman–Crippen MR) is 190 cm³/mol. The lowest BCUT2D eigenvalue weighted by Gasteiger charge is -2.27. The van der Waals surface area contributed by atoms with Crippen LogP contribution in [0.3, 0.4) is 0 Å². The zero-order valence-corrected chi connectivity index (χ0v) is 32.2. The molecule has 0 aliphatic heterocycles. The quantitative estimate of drug-likeness (QED) is 0.0887. The van der Waals surface area contributed by atoms with Crippen molar-refractivity contribution in [1.29, 1.82) is 0 Å². The molecule has 52 heavy (non-hydrogen) atoms. The molecule has 0 bridgehead atoms. The zero-order valence-electron chi connectivity index (χ0n) is 32.2. The highest BCUT2D eigenvalue weighted by molar-refractivity contribution is 5.95. The van der Waals surface area contributed by atoms with Crippen LogP contribution in [0.4, 0.5) is 4.79 Å². The minimum Gasteiger partial charge on any atom is -0.460 e. The van der Waals surface area contributed by atoms with E-state index in [1.807, 2.05) is 0 Å². The Balaban J connectivity index is 3.23. The van der Waals surface area contributed by atoms with Gasteiger partial charge in [-0.25, -0.2) is 10.2 Å². The molecular weight excluding hydrogens is 678 g/mol. The second kappa shape index (κ2) is 20.3. The fraction of sp³-hybridized carbons (Fsp3) is 0.639. The third kappa shape index (κ3) is 20.2. The number of hydrogen-bond donors (Lipinski definition) is 5. The Morgan fingerprint density at radius 2 is 1.15 bits per heavy atom. The van der Waals surface area contributed by atoms with Crippen molar-refractivity contribution < 1.29 is 52.5 Å². The number of carbonyl (C=O) groups is 7. The number of hydrazine groups is 1. The molecule has 4 amide bonds. The van der Waals surface area contributed by atoms with Gasteiger partial charge in [0.25, 0.3) is 5.91 Å². The van der Waals surface area contributed by atoms with Gasteiger partial charge in [0.15, 0.2) is 0 Å². The van der Waals surface area contributed by atoms with Gasteiger partial charge in [0.1, 0.15) is 48.1 Å². The number of rotatable bonds is 17. The molecule has 0 radical (unpaired) electrons. The van der Waals surface area contributed by atoms with Crippen LogP contribution >= 0.6 is 0 Å². The highest BCUT2D eigenvalue weighted by atomic mass is 16.6. The summed E-state index contributed by atoms with van der Waals surface area (Å²) in [5, 5.41) is 7.44. The number of alkyl carbamates (subject to hydrolysis) is 1. The summed E-state index contributed by atoms with van der Waals surface area (Å²) < 4.78 is 21.2. The first-order valence-corrected chi connectivity index (χ1v) is 17.1. The average Bonchev–Trinajstić information content (AvgIpc) is 2.97. The summed E-state index contributed by atoms with van der Waals surface area (Å²) in [7, 11) is 0. The van der Waals surface area contributed by atoms with Crippen molar-refractivity contribution in [2.45, 2.75) is 137 Å². The van der Waals surface area contributed by atoms with Crippen molar-refractivity contribution >= 4 is 41.7 Å². The molecule has 0 saturated carbocycles. The summed E-state index contributed by atoms with van der Waals surface area (Å²) in [6.45, 7) is 17.8. The van der Waals surface area contributed by atoms with Crippen molar-refractivity contribution in [2.75, 3.05) is 6.54 Å². The molecule has 1 unspecified atom stereocenters. The van der Waals surface area contributed by atoms with Crippen LogP contribution in [0.5, 0.6) is 0 Å². The second-order valence-electron chi connectivity index (χ2n) is 15.4. The number of ether oxygens (including phenoxy) is 4. The first-order valence-electron chi connectivity index (χ1n) is 17.1. The van der Waals surface area contributed by atoms with Gasteiger partial charge < -0.3 is 34.9 Å². The van der Waals surface area contributed by atoms with E-state index in [1.54, 1.807) is 106 Å². The van der Waals surface area contributed by atoms with Gasteiger partial charge in [0.05, 0.1) is 6.42 Å². The lowest BCUT2D eigenvalue weighted by molar-refractivity contribution is -0.156.